The Kier molecular flexibility index (Phi) is 5.37. The van der Waals surface area contributed by atoms with Crippen molar-refractivity contribution in [1.82, 2.24) is 4.90 Å². The lowest BCUT2D eigenvalue weighted by molar-refractivity contribution is 0.102. The van der Waals surface area contributed by atoms with Crippen LogP contribution in [0.2, 0.25) is 10.0 Å². The first-order valence-corrected chi connectivity index (χ1v) is 8.79. The highest BCUT2D eigenvalue weighted by Gasteiger charge is 2.19. The van der Waals surface area contributed by atoms with Crippen LogP contribution in [0.3, 0.4) is 0 Å². The molecule has 0 saturated carbocycles. The van der Waals surface area contributed by atoms with E-state index in [1.165, 1.54) is 0 Å². The summed E-state index contributed by atoms with van der Waals surface area (Å²) in [6, 6.07) is 10.2. The predicted octanol–water partition coefficient (Wildman–Crippen LogP) is 3.58. The number of halogens is 2. The van der Waals surface area contributed by atoms with Gasteiger partial charge in [-0.3, -0.25) is 4.79 Å². The van der Waals surface area contributed by atoms with E-state index in [1.807, 2.05) is 6.07 Å². The molecule has 1 aliphatic rings. The molecule has 0 spiro atoms. The molecule has 0 aliphatic carbocycles. The van der Waals surface area contributed by atoms with Crippen LogP contribution in [0, 0.1) is 0 Å². The molecule has 0 unspecified atom stereocenters. The summed E-state index contributed by atoms with van der Waals surface area (Å²) in [5, 5.41) is 3.85. The van der Waals surface area contributed by atoms with Crippen LogP contribution in [-0.2, 0) is 0 Å². The SMILES string of the molecule is CN1CCN(c2cc(NC(=O)c3ccc(Cl)cc3)c(Cl)cc2N)CC1. The van der Waals surface area contributed by atoms with Crippen molar-refractivity contribution in [2.75, 3.05) is 49.2 Å². The highest BCUT2D eigenvalue weighted by atomic mass is 35.5. The van der Waals surface area contributed by atoms with E-state index in [9.17, 15) is 4.79 Å². The number of amides is 1. The summed E-state index contributed by atoms with van der Waals surface area (Å²) in [7, 11) is 2.10. The van der Waals surface area contributed by atoms with Gasteiger partial charge in [0.05, 0.1) is 22.1 Å². The second-order valence-corrected chi connectivity index (χ2v) is 6.99. The van der Waals surface area contributed by atoms with Gasteiger partial charge < -0.3 is 20.9 Å². The van der Waals surface area contributed by atoms with Crippen molar-refractivity contribution >= 4 is 46.2 Å². The van der Waals surface area contributed by atoms with Gasteiger partial charge in [-0.2, -0.15) is 0 Å². The van der Waals surface area contributed by atoms with Crippen molar-refractivity contribution in [3.63, 3.8) is 0 Å². The number of hydrogen-bond acceptors (Lipinski definition) is 4. The number of anilines is 3. The number of rotatable bonds is 3. The second-order valence-electron chi connectivity index (χ2n) is 6.14. The van der Waals surface area contributed by atoms with Crippen LogP contribution in [-0.4, -0.2) is 44.0 Å². The molecule has 2 aromatic carbocycles. The number of piperazine rings is 1. The van der Waals surface area contributed by atoms with Crippen LogP contribution in [0.5, 0.6) is 0 Å². The van der Waals surface area contributed by atoms with Crippen molar-refractivity contribution in [1.29, 1.82) is 0 Å². The Morgan fingerprint density at radius 3 is 2.36 bits per heavy atom. The van der Waals surface area contributed by atoms with Gasteiger partial charge in [-0.15, -0.1) is 0 Å². The van der Waals surface area contributed by atoms with E-state index in [0.29, 0.717) is 27.0 Å². The van der Waals surface area contributed by atoms with E-state index < -0.39 is 0 Å². The average Bonchev–Trinajstić information content (AvgIpc) is 2.59. The van der Waals surface area contributed by atoms with E-state index >= 15 is 0 Å². The van der Waals surface area contributed by atoms with Crippen LogP contribution in [0.1, 0.15) is 10.4 Å². The maximum absolute atomic E-state index is 12.4. The molecular weight excluding hydrogens is 359 g/mol. The zero-order chi connectivity index (χ0) is 18.0. The third-order valence-electron chi connectivity index (χ3n) is 4.31. The fourth-order valence-corrected chi connectivity index (χ4v) is 3.14. The molecule has 7 heteroatoms. The summed E-state index contributed by atoms with van der Waals surface area (Å²) in [5.74, 6) is -0.243. The Morgan fingerprint density at radius 1 is 1.08 bits per heavy atom. The molecular formula is C18H20Cl2N4O. The maximum Gasteiger partial charge on any atom is 0.255 e. The zero-order valence-corrected chi connectivity index (χ0v) is 15.4. The number of hydrogen-bond donors (Lipinski definition) is 2. The van der Waals surface area contributed by atoms with Gasteiger partial charge in [0.15, 0.2) is 0 Å². The molecule has 0 radical (unpaired) electrons. The minimum atomic E-state index is -0.243. The highest BCUT2D eigenvalue weighted by molar-refractivity contribution is 6.34. The van der Waals surface area contributed by atoms with Gasteiger partial charge in [0, 0.05) is 36.8 Å². The molecule has 0 aromatic heterocycles. The number of benzene rings is 2. The van der Waals surface area contributed by atoms with E-state index in [2.05, 4.69) is 22.2 Å². The first-order chi connectivity index (χ1) is 11.9. The van der Waals surface area contributed by atoms with Crippen molar-refractivity contribution < 1.29 is 4.79 Å². The first kappa shape index (κ1) is 17.9. The molecule has 0 atom stereocenters. The van der Waals surface area contributed by atoms with Crippen molar-refractivity contribution in [2.45, 2.75) is 0 Å². The van der Waals surface area contributed by atoms with Crippen LogP contribution in [0.25, 0.3) is 0 Å². The maximum atomic E-state index is 12.4. The Bertz CT molecular complexity index is 771. The molecule has 1 saturated heterocycles. The largest absolute Gasteiger partial charge is 0.397 e. The lowest BCUT2D eigenvalue weighted by atomic mass is 10.1. The Balaban J connectivity index is 1.82. The molecule has 5 nitrogen and oxygen atoms in total. The molecule has 3 N–H and O–H groups in total. The summed E-state index contributed by atoms with van der Waals surface area (Å²) in [6.07, 6.45) is 0. The molecule has 1 aliphatic heterocycles. The number of nitrogens with zero attached hydrogens (tertiary/aromatic N) is 2. The molecule has 1 fully saturated rings. The summed E-state index contributed by atoms with van der Waals surface area (Å²) in [5.41, 5.74) is 8.71. The normalized spacial score (nSPS) is 15.2. The summed E-state index contributed by atoms with van der Waals surface area (Å²) in [4.78, 5) is 16.9. The Hall–Kier alpha value is -1.95. The lowest BCUT2D eigenvalue weighted by Gasteiger charge is -2.35. The standard InChI is InChI=1S/C18H20Cl2N4O/c1-23-6-8-24(9-7-23)17-11-16(14(20)10-15(17)21)22-18(25)12-2-4-13(19)5-3-12/h2-5,10-11H,6-9,21H2,1H3,(H,22,25). The number of carbonyl (C=O) groups excluding carboxylic acids is 1. The minimum absolute atomic E-state index is 0.243. The van der Waals surface area contributed by atoms with E-state index in [0.717, 1.165) is 31.9 Å². The molecule has 3 rings (SSSR count). The summed E-state index contributed by atoms with van der Waals surface area (Å²) < 4.78 is 0. The molecule has 25 heavy (non-hydrogen) atoms. The van der Waals surface area contributed by atoms with Gasteiger partial charge in [-0.05, 0) is 43.4 Å². The molecule has 132 valence electrons. The van der Waals surface area contributed by atoms with Gasteiger partial charge in [0.25, 0.3) is 5.91 Å². The molecule has 1 heterocycles. The number of carbonyl (C=O) groups is 1. The van der Waals surface area contributed by atoms with Gasteiger partial charge >= 0.3 is 0 Å². The van der Waals surface area contributed by atoms with Crippen molar-refractivity contribution in [3.8, 4) is 0 Å². The summed E-state index contributed by atoms with van der Waals surface area (Å²) >= 11 is 12.1. The van der Waals surface area contributed by atoms with Crippen LogP contribution in [0.15, 0.2) is 36.4 Å². The van der Waals surface area contributed by atoms with Crippen molar-refractivity contribution in [3.05, 3.63) is 52.0 Å². The molecule has 2 aromatic rings. The number of nitrogens with two attached hydrogens (primary N) is 1. The van der Waals surface area contributed by atoms with Gasteiger partial charge in [0.1, 0.15) is 0 Å². The third kappa shape index (κ3) is 4.18. The monoisotopic (exact) mass is 378 g/mol. The molecule has 1 amide bonds. The van der Waals surface area contributed by atoms with E-state index in [1.54, 1.807) is 30.3 Å². The number of likely N-dealkylation sites (N-methyl/N-ethyl adjacent to an activating group) is 1. The van der Waals surface area contributed by atoms with Gasteiger partial charge in [-0.25, -0.2) is 0 Å². The van der Waals surface area contributed by atoms with Crippen LogP contribution < -0.4 is 16.0 Å². The lowest BCUT2D eigenvalue weighted by Crippen LogP contribution is -2.44. The second kappa shape index (κ2) is 7.52. The van der Waals surface area contributed by atoms with E-state index in [4.69, 9.17) is 28.9 Å². The van der Waals surface area contributed by atoms with Crippen LogP contribution in [0.4, 0.5) is 17.1 Å². The van der Waals surface area contributed by atoms with E-state index in [-0.39, 0.29) is 5.91 Å². The van der Waals surface area contributed by atoms with Crippen LogP contribution >= 0.6 is 23.2 Å². The molecule has 0 bridgehead atoms. The average molecular weight is 379 g/mol. The predicted molar refractivity (Wildman–Crippen MR) is 105 cm³/mol. The third-order valence-corrected chi connectivity index (χ3v) is 4.88. The van der Waals surface area contributed by atoms with Gasteiger partial charge in [0.2, 0.25) is 0 Å². The fourth-order valence-electron chi connectivity index (χ4n) is 2.79. The first-order valence-electron chi connectivity index (χ1n) is 8.03. The smallest absolute Gasteiger partial charge is 0.255 e. The number of nitrogen functional groups attached to an aromatic ring is 1. The Labute approximate surface area is 157 Å². The summed E-state index contributed by atoms with van der Waals surface area (Å²) in [6.45, 7) is 3.70. The number of nitrogens with one attached hydrogen (secondary N) is 1. The quantitative estimate of drug-likeness (QED) is 0.801. The fraction of sp³-hybridized carbons (Fsp3) is 0.278. The van der Waals surface area contributed by atoms with Crippen molar-refractivity contribution in [2.24, 2.45) is 0 Å². The highest BCUT2D eigenvalue weighted by Crippen LogP contribution is 2.34. The van der Waals surface area contributed by atoms with Gasteiger partial charge in [-0.1, -0.05) is 23.2 Å². The minimum Gasteiger partial charge on any atom is -0.397 e. The topological polar surface area (TPSA) is 61.6 Å². The zero-order valence-electron chi connectivity index (χ0n) is 13.9. The Morgan fingerprint density at radius 2 is 1.72 bits per heavy atom.